The van der Waals surface area contributed by atoms with Crippen molar-refractivity contribution in [2.75, 3.05) is 29.0 Å². The van der Waals surface area contributed by atoms with Crippen LogP contribution < -0.4 is 16.0 Å². The highest BCUT2D eigenvalue weighted by Gasteiger charge is 2.21. The fourth-order valence-corrected chi connectivity index (χ4v) is 2.85. The molecule has 1 aromatic heterocycles. The lowest BCUT2D eigenvalue weighted by molar-refractivity contribution is 0.552. The van der Waals surface area contributed by atoms with Gasteiger partial charge in [0.15, 0.2) is 0 Å². The molecule has 1 atom stereocenters. The maximum atomic E-state index is 5.87. The minimum atomic E-state index is 0.361. The first-order valence-electron chi connectivity index (χ1n) is 7.89. The zero-order chi connectivity index (χ0) is 14.4. The molecular formula is C15H27N5. The Morgan fingerprint density at radius 3 is 2.90 bits per heavy atom. The smallest absolute Gasteiger partial charge is 0.223 e. The summed E-state index contributed by atoms with van der Waals surface area (Å²) < 4.78 is 0. The average molecular weight is 277 g/mol. The number of hydrogen-bond acceptors (Lipinski definition) is 5. The van der Waals surface area contributed by atoms with Gasteiger partial charge in [-0.25, -0.2) is 0 Å². The SMILES string of the molecule is CCCNc1cc(N2CCCCCC2CC)nc(N)n1. The van der Waals surface area contributed by atoms with Crippen molar-refractivity contribution >= 4 is 17.6 Å². The summed E-state index contributed by atoms with van der Waals surface area (Å²) in [7, 11) is 0. The van der Waals surface area contributed by atoms with E-state index in [4.69, 9.17) is 5.73 Å². The van der Waals surface area contributed by atoms with Crippen LogP contribution in [-0.4, -0.2) is 29.1 Å². The molecule has 0 aliphatic carbocycles. The van der Waals surface area contributed by atoms with Crippen LogP contribution in [0.3, 0.4) is 0 Å². The maximum absolute atomic E-state index is 5.87. The van der Waals surface area contributed by atoms with E-state index in [1.807, 2.05) is 6.07 Å². The molecule has 0 spiro atoms. The lowest BCUT2D eigenvalue weighted by Crippen LogP contribution is -2.35. The molecular weight excluding hydrogens is 250 g/mol. The Hall–Kier alpha value is -1.52. The Bertz CT molecular complexity index is 421. The molecule has 2 heterocycles. The van der Waals surface area contributed by atoms with Gasteiger partial charge in [0.05, 0.1) is 0 Å². The van der Waals surface area contributed by atoms with Crippen molar-refractivity contribution in [1.29, 1.82) is 0 Å². The van der Waals surface area contributed by atoms with Crippen molar-refractivity contribution in [2.24, 2.45) is 0 Å². The molecule has 2 rings (SSSR count). The molecule has 0 aromatic carbocycles. The van der Waals surface area contributed by atoms with E-state index in [9.17, 15) is 0 Å². The number of hydrogen-bond donors (Lipinski definition) is 2. The molecule has 1 aliphatic rings. The fourth-order valence-electron chi connectivity index (χ4n) is 2.85. The summed E-state index contributed by atoms with van der Waals surface area (Å²) in [5.41, 5.74) is 5.87. The van der Waals surface area contributed by atoms with E-state index in [-0.39, 0.29) is 0 Å². The van der Waals surface area contributed by atoms with Gasteiger partial charge in [-0.15, -0.1) is 0 Å². The number of nitrogen functional groups attached to an aromatic ring is 1. The van der Waals surface area contributed by atoms with Gasteiger partial charge in [0, 0.05) is 25.2 Å². The third kappa shape index (κ3) is 3.74. The van der Waals surface area contributed by atoms with E-state index >= 15 is 0 Å². The van der Waals surface area contributed by atoms with E-state index in [1.54, 1.807) is 0 Å². The Morgan fingerprint density at radius 2 is 2.15 bits per heavy atom. The van der Waals surface area contributed by atoms with Crippen molar-refractivity contribution in [3.63, 3.8) is 0 Å². The first-order valence-corrected chi connectivity index (χ1v) is 7.89. The normalized spacial score (nSPS) is 19.7. The van der Waals surface area contributed by atoms with Gasteiger partial charge >= 0.3 is 0 Å². The number of rotatable bonds is 5. The number of nitrogens with zero attached hydrogens (tertiary/aromatic N) is 3. The molecule has 0 saturated carbocycles. The monoisotopic (exact) mass is 277 g/mol. The Morgan fingerprint density at radius 1 is 1.30 bits per heavy atom. The van der Waals surface area contributed by atoms with Gasteiger partial charge in [0.25, 0.3) is 0 Å². The maximum Gasteiger partial charge on any atom is 0.223 e. The summed E-state index contributed by atoms with van der Waals surface area (Å²) in [5.74, 6) is 2.18. The second kappa shape index (κ2) is 7.31. The molecule has 0 bridgehead atoms. The van der Waals surface area contributed by atoms with Crippen LogP contribution in [0, 0.1) is 0 Å². The molecule has 1 saturated heterocycles. The van der Waals surface area contributed by atoms with Gasteiger partial charge in [-0.3, -0.25) is 0 Å². The van der Waals surface area contributed by atoms with Gasteiger partial charge < -0.3 is 16.0 Å². The largest absolute Gasteiger partial charge is 0.370 e. The van der Waals surface area contributed by atoms with Crippen LogP contribution in [0.1, 0.15) is 52.4 Å². The highest BCUT2D eigenvalue weighted by molar-refractivity contribution is 5.53. The molecule has 0 radical (unpaired) electrons. The summed E-state index contributed by atoms with van der Waals surface area (Å²) in [5, 5.41) is 3.31. The first-order chi connectivity index (χ1) is 9.74. The second-order valence-corrected chi connectivity index (χ2v) is 5.50. The average Bonchev–Trinajstić information content (AvgIpc) is 2.69. The summed E-state index contributed by atoms with van der Waals surface area (Å²) in [6, 6.07) is 2.62. The van der Waals surface area contributed by atoms with Gasteiger partial charge in [0.2, 0.25) is 5.95 Å². The zero-order valence-corrected chi connectivity index (χ0v) is 12.7. The molecule has 5 nitrogen and oxygen atoms in total. The van der Waals surface area contributed by atoms with E-state index in [0.717, 1.165) is 37.6 Å². The summed E-state index contributed by atoms with van der Waals surface area (Å²) in [6.45, 7) is 6.37. The van der Waals surface area contributed by atoms with E-state index in [1.165, 1.54) is 25.7 Å². The van der Waals surface area contributed by atoms with Crippen LogP contribution in [0.25, 0.3) is 0 Å². The third-order valence-electron chi connectivity index (χ3n) is 3.93. The van der Waals surface area contributed by atoms with Crippen molar-refractivity contribution < 1.29 is 0 Å². The first kappa shape index (κ1) is 14.9. The van der Waals surface area contributed by atoms with Gasteiger partial charge in [-0.05, 0) is 25.7 Å². The minimum Gasteiger partial charge on any atom is -0.370 e. The minimum absolute atomic E-state index is 0.361. The predicted octanol–water partition coefficient (Wildman–Crippen LogP) is 3.04. The molecule has 3 N–H and O–H groups in total. The van der Waals surface area contributed by atoms with Crippen LogP contribution in [0.5, 0.6) is 0 Å². The predicted molar refractivity (Wildman–Crippen MR) is 85.1 cm³/mol. The highest BCUT2D eigenvalue weighted by Crippen LogP contribution is 2.26. The lowest BCUT2D eigenvalue weighted by Gasteiger charge is -2.30. The molecule has 20 heavy (non-hydrogen) atoms. The van der Waals surface area contributed by atoms with Crippen molar-refractivity contribution in [3.8, 4) is 0 Å². The van der Waals surface area contributed by atoms with Gasteiger partial charge in [0.1, 0.15) is 11.6 Å². The van der Waals surface area contributed by atoms with Crippen LogP contribution in [-0.2, 0) is 0 Å². The third-order valence-corrected chi connectivity index (χ3v) is 3.93. The standard InChI is InChI=1S/C15H27N5/c1-3-9-17-13-11-14(19-15(16)18-13)20-10-7-5-6-8-12(20)4-2/h11-12H,3-10H2,1-2H3,(H3,16,17,18,19). The summed E-state index contributed by atoms with van der Waals surface area (Å²) >= 11 is 0. The van der Waals surface area contributed by atoms with Gasteiger partial charge in [-0.1, -0.05) is 26.7 Å². The van der Waals surface area contributed by atoms with E-state index in [2.05, 4.69) is 34.0 Å². The van der Waals surface area contributed by atoms with Crippen LogP contribution in [0.2, 0.25) is 0 Å². The lowest BCUT2D eigenvalue weighted by atomic mass is 10.1. The van der Waals surface area contributed by atoms with Gasteiger partial charge in [-0.2, -0.15) is 9.97 Å². The second-order valence-electron chi connectivity index (χ2n) is 5.50. The van der Waals surface area contributed by atoms with E-state index in [0.29, 0.717) is 12.0 Å². The molecule has 1 fully saturated rings. The number of nitrogens with one attached hydrogen (secondary N) is 1. The van der Waals surface area contributed by atoms with Crippen LogP contribution >= 0.6 is 0 Å². The van der Waals surface area contributed by atoms with Crippen molar-refractivity contribution in [3.05, 3.63) is 6.07 Å². The highest BCUT2D eigenvalue weighted by atomic mass is 15.2. The molecule has 1 aliphatic heterocycles. The Labute approximate surface area is 122 Å². The topological polar surface area (TPSA) is 67.1 Å². The number of aromatic nitrogens is 2. The Balaban J connectivity index is 2.22. The summed E-state index contributed by atoms with van der Waals surface area (Å²) in [4.78, 5) is 11.1. The number of anilines is 3. The summed E-state index contributed by atoms with van der Waals surface area (Å²) in [6.07, 6.45) is 7.34. The molecule has 1 unspecified atom stereocenters. The fraction of sp³-hybridized carbons (Fsp3) is 0.733. The quantitative estimate of drug-likeness (QED) is 0.866. The molecule has 112 valence electrons. The van der Waals surface area contributed by atoms with Crippen molar-refractivity contribution in [1.82, 2.24) is 9.97 Å². The van der Waals surface area contributed by atoms with Crippen molar-refractivity contribution in [2.45, 2.75) is 58.4 Å². The van der Waals surface area contributed by atoms with Crippen LogP contribution in [0.15, 0.2) is 6.07 Å². The Kier molecular flexibility index (Phi) is 5.44. The molecule has 0 amide bonds. The zero-order valence-electron chi connectivity index (χ0n) is 12.7. The van der Waals surface area contributed by atoms with Crippen LogP contribution in [0.4, 0.5) is 17.6 Å². The molecule has 5 heteroatoms. The van der Waals surface area contributed by atoms with E-state index < -0.39 is 0 Å². The number of nitrogens with two attached hydrogens (primary N) is 1. The molecule has 1 aromatic rings.